The molecule has 0 aliphatic rings. The molecule has 5 nitrogen and oxygen atoms in total. The lowest BCUT2D eigenvalue weighted by atomic mass is 10.1. The fraction of sp³-hybridized carbons (Fsp3) is 0. The third kappa shape index (κ3) is 1.92. The van der Waals surface area contributed by atoms with Crippen LogP contribution in [-0.4, -0.2) is 25.0 Å². The normalized spacial score (nSPS) is 11.2. The lowest BCUT2D eigenvalue weighted by Gasteiger charge is -2.09. The summed E-state index contributed by atoms with van der Waals surface area (Å²) in [5.41, 5.74) is 0.204. The summed E-state index contributed by atoms with van der Waals surface area (Å²) >= 11 is 18.1. The highest BCUT2D eigenvalue weighted by Gasteiger charge is 2.21. The molecule has 0 saturated heterocycles. The summed E-state index contributed by atoms with van der Waals surface area (Å²) in [4.78, 5) is 3.94. The molecule has 0 bridgehead atoms. The molecule has 0 saturated carbocycles. The molecule has 19 heavy (non-hydrogen) atoms. The van der Waals surface area contributed by atoms with E-state index in [1.165, 1.54) is 18.2 Å². The number of rotatable bonds is 1. The van der Waals surface area contributed by atoms with Crippen molar-refractivity contribution in [1.82, 2.24) is 25.0 Å². The Labute approximate surface area is 120 Å². The second kappa shape index (κ2) is 4.56. The first kappa shape index (κ1) is 12.5. The molecule has 0 atom stereocenters. The number of halogens is 4. The Hall–Kier alpha value is -1.50. The van der Waals surface area contributed by atoms with Crippen molar-refractivity contribution in [3.63, 3.8) is 0 Å². The lowest BCUT2D eigenvalue weighted by molar-refractivity contribution is 0.631. The summed E-state index contributed by atoms with van der Waals surface area (Å²) in [7, 11) is 0. The average Bonchev–Trinajstić information content (AvgIpc) is 2.81. The zero-order valence-electron chi connectivity index (χ0n) is 8.98. The van der Waals surface area contributed by atoms with E-state index in [2.05, 4.69) is 20.5 Å². The van der Waals surface area contributed by atoms with Gasteiger partial charge < -0.3 is 0 Å². The minimum atomic E-state index is -0.564. The molecule has 0 N–H and O–H groups in total. The van der Waals surface area contributed by atoms with Crippen LogP contribution in [0, 0.1) is 5.82 Å². The highest BCUT2D eigenvalue weighted by molar-refractivity contribution is 6.40. The van der Waals surface area contributed by atoms with Crippen LogP contribution in [0.25, 0.3) is 16.9 Å². The number of hydrogen-bond acceptors (Lipinski definition) is 4. The van der Waals surface area contributed by atoms with Gasteiger partial charge in [-0.1, -0.05) is 46.0 Å². The maximum absolute atomic E-state index is 13.9. The highest BCUT2D eigenvalue weighted by atomic mass is 35.5. The third-order valence-electron chi connectivity index (χ3n) is 2.46. The maximum atomic E-state index is 13.9. The Morgan fingerprint density at radius 3 is 2.63 bits per heavy atom. The van der Waals surface area contributed by atoms with E-state index in [1.54, 1.807) is 0 Å². The highest BCUT2D eigenvalue weighted by Crippen LogP contribution is 2.38. The lowest BCUT2D eigenvalue weighted by Crippen LogP contribution is -1.99. The van der Waals surface area contributed by atoms with Gasteiger partial charge in [-0.05, 0) is 22.6 Å². The molecule has 3 aromatic rings. The zero-order valence-corrected chi connectivity index (χ0v) is 11.2. The number of tetrazole rings is 1. The topological polar surface area (TPSA) is 56.0 Å². The quantitative estimate of drug-likeness (QED) is 0.646. The summed E-state index contributed by atoms with van der Waals surface area (Å²) < 4.78 is 15.1. The van der Waals surface area contributed by atoms with Gasteiger partial charge in [0, 0.05) is 5.56 Å². The summed E-state index contributed by atoms with van der Waals surface area (Å²) in [5.74, 6) is -0.447. The van der Waals surface area contributed by atoms with E-state index in [9.17, 15) is 4.39 Å². The minimum Gasteiger partial charge on any atom is -0.206 e. The van der Waals surface area contributed by atoms with Crippen molar-refractivity contribution < 1.29 is 4.39 Å². The molecule has 96 valence electrons. The van der Waals surface area contributed by atoms with Crippen LogP contribution in [0.5, 0.6) is 0 Å². The number of aromatic nitrogens is 5. The van der Waals surface area contributed by atoms with E-state index in [-0.39, 0.29) is 32.2 Å². The molecule has 1 aromatic carbocycles. The number of fused-ring (bicyclic) bond motifs is 1. The molecule has 0 fully saturated rings. The van der Waals surface area contributed by atoms with E-state index < -0.39 is 5.82 Å². The molecular weight excluding hydrogens is 316 g/mol. The van der Waals surface area contributed by atoms with Gasteiger partial charge in [-0.15, -0.1) is 0 Å². The van der Waals surface area contributed by atoms with Crippen LogP contribution in [0.15, 0.2) is 18.2 Å². The molecule has 9 heteroatoms. The first-order valence-corrected chi connectivity index (χ1v) is 6.10. The van der Waals surface area contributed by atoms with Crippen molar-refractivity contribution >= 4 is 40.6 Å². The molecule has 0 amide bonds. The Kier molecular flexibility index (Phi) is 3.00. The van der Waals surface area contributed by atoms with Crippen LogP contribution < -0.4 is 0 Å². The molecule has 2 heterocycles. The van der Waals surface area contributed by atoms with Gasteiger partial charge in [0.1, 0.15) is 16.1 Å². The monoisotopic (exact) mass is 317 g/mol. The SMILES string of the molecule is Fc1cccc(Cl)c1-c1c(Cl)nc2nnnn2c1Cl. The molecule has 0 spiro atoms. The van der Waals surface area contributed by atoms with Crippen molar-refractivity contribution in [2.75, 3.05) is 0 Å². The number of hydrogen-bond donors (Lipinski definition) is 0. The van der Waals surface area contributed by atoms with Gasteiger partial charge in [-0.2, -0.15) is 9.50 Å². The molecule has 2 aromatic heterocycles. The summed E-state index contributed by atoms with van der Waals surface area (Å²) in [6.07, 6.45) is 0. The Morgan fingerprint density at radius 1 is 1.11 bits per heavy atom. The second-order valence-corrected chi connectivity index (χ2v) is 4.68. The van der Waals surface area contributed by atoms with Gasteiger partial charge >= 0.3 is 0 Å². The zero-order chi connectivity index (χ0) is 13.6. The number of benzene rings is 1. The Morgan fingerprint density at radius 2 is 1.89 bits per heavy atom. The van der Waals surface area contributed by atoms with Gasteiger partial charge in [-0.25, -0.2) is 4.39 Å². The maximum Gasteiger partial charge on any atom is 0.276 e. The molecule has 3 rings (SSSR count). The van der Waals surface area contributed by atoms with Crippen LogP contribution in [0.1, 0.15) is 0 Å². The fourth-order valence-electron chi connectivity index (χ4n) is 1.66. The Bertz CT molecular complexity index is 768. The van der Waals surface area contributed by atoms with Gasteiger partial charge in [0.2, 0.25) is 0 Å². The van der Waals surface area contributed by atoms with E-state index in [4.69, 9.17) is 34.8 Å². The largest absolute Gasteiger partial charge is 0.276 e. The van der Waals surface area contributed by atoms with Gasteiger partial charge in [0.25, 0.3) is 5.78 Å². The van der Waals surface area contributed by atoms with Crippen molar-refractivity contribution in [2.45, 2.75) is 0 Å². The van der Waals surface area contributed by atoms with Crippen LogP contribution in [0.3, 0.4) is 0 Å². The van der Waals surface area contributed by atoms with E-state index in [0.717, 1.165) is 4.52 Å². The van der Waals surface area contributed by atoms with Gasteiger partial charge in [0.15, 0.2) is 0 Å². The van der Waals surface area contributed by atoms with Crippen molar-refractivity contribution in [3.8, 4) is 11.1 Å². The predicted octanol–water partition coefficient (Wildman–Crippen LogP) is 3.29. The average molecular weight is 319 g/mol. The predicted molar refractivity (Wildman–Crippen MR) is 69.0 cm³/mol. The summed E-state index contributed by atoms with van der Waals surface area (Å²) in [6.45, 7) is 0. The van der Waals surface area contributed by atoms with Crippen LogP contribution in [0.2, 0.25) is 15.3 Å². The van der Waals surface area contributed by atoms with Crippen LogP contribution in [-0.2, 0) is 0 Å². The molecule has 0 radical (unpaired) electrons. The summed E-state index contributed by atoms with van der Waals surface area (Å²) in [6, 6.07) is 4.25. The molecular formula is C10H3Cl3FN5. The Balaban J connectivity index is 2.42. The van der Waals surface area contributed by atoms with Crippen molar-refractivity contribution in [2.24, 2.45) is 0 Å². The van der Waals surface area contributed by atoms with E-state index in [1.807, 2.05) is 0 Å². The molecule has 0 aliphatic carbocycles. The number of nitrogens with zero attached hydrogens (tertiary/aromatic N) is 5. The molecule has 0 aliphatic heterocycles. The van der Waals surface area contributed by atoms with E-state index >= 15 is 0 Å². The third-order valence-corrected chi connectivity index (χ3v) is 3.40. The standard InChI is InChI=1S/C10H3Cl3FN5/c11-4-2-1-3-5(14)6(4)7-8(12)15-10-16-17-18-19(10)9(7)13/h1-3H. The fourth-order valence-corrected chi connectivity index (χ4v) is 2.52. The van der Waals surface area contributed by atoms with Crippen molar-refractivity contribution in [1.29, 1.82) is 0 Å². The van der Waals surface area contributed by atoms with Crippen LogP contribution >= 0.6 is 34.8 Å². The minimum absolute atomic E-state index is 0.0284. The summed E-state index contributed by atoms with van der Waals surface area (Å²) in [5, 5.41) is 10.8. The van der Waals surface area contributed by atoms with Gasteiger partial charge in [-0.3, -0.25) is 0 Å². The van der Waals surface area contributed by atoms with Crippen molar-refractivity contribution in [3.05, 3.63) is 39.3 Å². The van der Waals surface area contributed by atoms with Crippen LogP contribution in [0.4, 0.5) is 4.39 Å². The van der Waals surface area contributed by atoms with E-state index in [0.29, 0.717) is 0 Å². The van der Waals surface area contributed by atoms with Gasteiger partial charge in [0.05, 0.1) is 10.6 Å². The molecule has 0 unspecified atom stereocenters. The second-order valence-electron chi connectivity index (χ2n) is 3.56. The first-order chi connectivity index (χ1) is 9.09. The first-order valence-electron chi connectivity index (χ1n) is 4.97. The smallest absolute Gasteiger partial charge is 0.206 e.